The van der Waals surface area contributed by atoms with Gasteiger partial charge in [0.1, 0.15) is 0 Å². The average molecular weight is 615 g/mol. The molecule has 0 aromatic heterocycles. The zero-order chi connectivity index (χ0) is 26.0. The van der Waals surface area contributed by atoms with Gasteiger partial charge >= 0.3 is 11.8 Å². The van der Waals surface area contributed by atoms with Crippen molar-refractivity contribution in [3.05, 3.63) is 50.1 Å². The van der Waals surface area contributed by atoms with Crippen molar-refractivity contribution in [1.29, 1.82) is 0 Å². The number of halogens is 2. The topological polar surface area (TPSA) is 118 Å². The summed E-state index contributed by atoms with van der Waals surface area (Å²) < 4.78 is 12.1. The van der Waals surface area contributed by atoms with Crippen molar-refractivity contribution in [2.24, 2.45) is 5.10 Å². The summed E-state index contributed by atoms with van der Waals surface area (Å²) in [6.45, 7) is 7.53. The average Bonchev–Trinajstić information content (AvgIpc) is 2.80. The van der Waals surface area contributed by atoms with Gasteiger partial charge in [0, 0.05) is 16.8 Å². The lowest BCUT2D eigenvalue weighted by atomic mass is 10.2. The van der Waals surface area contributed by atoms with Crippen molar-refractivity contribution >= 4 is 63.8 Å². The molecule has 0 heterocycles. The Kier molecular flexibility index (Phi) is 11.3. The quantitative estimate of drug-likeness (QED) is 0.162. The second-order valence-corrected chi connectivity index (χ2v) is 9.12. The third-order valence-corrected chi connectivity index (χ3v) is 5.92. The maximum atomic E-state index is 12.4. The Morgan fingerprint density at radius 2 is 1.89 bits per heavy atom. The van der Waals surface area contributed by atoms with Gasteiger partial charge in [0.2, 0.25) is 0 Å². The molecule has 1 atom stereocenters. The van der Waals surface area contributed by atoms with Crippen LogP contribution in [0.3, 0.4) is 0 Å². The number of hydrogen-bond acceptors (Lipinski definition) is 6. The Hall–Kier alpha value is -2.86. The van der Waals surface area contributed by atoms with Gasteiger partial charge in [-0.25, -0.2) is 5.43 Å². The molecule has 0 aliphatic heterocycles. The molecule has 35 heavy (non-hydrogen) atoms. The maximum absolute atomic E-state index is 12.4. The number of amides is 3. The predicted molar refractivity (Wildman–Crippen MR) is 144 cm³/mol. The lowest BCUT2D eigenvalue weighted by Gasteiger charge is -2.15. The van der Waals surface area contributed by atoms with Crippen molar-refractivity contribution in [2.75, 3.05) is 18.5 Å². The van der Waals surface area contributed by atoms with Crippen LogP contribution in [-0.4, -0.2) is 43.2 Å². The number of benzene rings is 2. The van der Waals surface area contributed by atoms with E-state index in [2.05, 4.69) is 43.8 Å². The monoisotopic (exact) mass is 614 g/mol. The molecule has 11 heteroatoms. The SMILES string of the molecule is CCOc1cc(/C=N\NC(=O)C(=O)N[C@H](C)CC)cc(I)c1OCC(=O)Nc1ccc(C)c(Cl)c1. The summed E-state index contributed by atoms with van der Waals surface area (Å²) in [5, 5.41) is 9.70. The van der Waals surface area contributed by atoms with E-state index < -0.39 is 11.8 Å². The number of aryl methyl sites for hydroxylation is 1. The van der Waals surface area contributed by atoms with Gasteiger partial charge in [-0.2, -0.15) is 5.10 Å². The van der Waals surface area contributed by atoms with Gasteiger partial charge in [-0.3, -0.25) is 14.4 Å². The first-order chi connectivity index (χ1) is 16.6. The van der Waals surface area contributed by atoms with Gasteiger partial charge in [-0.05, 0) is 85.2 Å². The van der Waals surface area contributed by atoms with Crippen LogP contribution in [0.4, 0.5) is 5.69 Å². The standard InChI is InChI=1S/C24H28ClIN4O5/c1-5-15(4)28-23(32)24(33)30-27-12-16-9-19(26)22(20(10-16)34-6-2)35-13-21(31)29-17-8-7-14(3)18(25)11-17/h7-12,15H,5-6,13H2,1-4H3,(H,28,32)(H,29,31)(H,30,33)/b27-12-/t15-/m1/s1. The number of nitrogens with one attached hydrogen (secondary N) is 3. The van der Waals surface area contributed by atoms with Crippen molar-refractivity contribution < 1.29 is 23.9 Å². The molecule has 188 valence electrons. The first kappa shape index (κ1) is 28.4. The van der Waals surface area contributed by atoms with Crippen LogP contribution in [0.5, 0.6) is 11.5 Å². The Morgan fingerprint density at radius 3 is 2.54 bits per heavy atom. The Bertz CT molecular complexity index is 1110. The summed E-state index contributed by atoms with van der Waals surface area (Å²) in [4.78, 5) is 36.0. The van der Waals surface area contributed by atoms with Crippen molar-refractivity contribution in [1.82, 2.24) is 10.7 Å². The summed E-state index contributed by atoms with van der Waals surface area (Å²) in [6, 6.07) is 8.53. The molecule has 0 bridgehead atoms. The lowest BCUT2D eigenvalue weighted by Crippen LogP contribution is -2.41. The van der Waals surface area contributed by atoms with E-state index in [0.29, 0.717) is 44.4 Å². The van der Waals surface area contributed by atoms with Gasteiger partial charge in [0.05, 0.1) is 16.4 Å². The van der Waals surface area contributed by atoms with Crippen LogP contribution >= 0.6 is 34.2 Å². The minimum absolute atomic E-state index is 0.114. The molecule has 2 aromatic rings. The van der Waals surface area contributed by atoms with Crippen LogP contribution in [0, 0.1) is 10.5 Å². The van der Waals surface area contributed by atoms with E-state index in [1.807, 2.05) is 26.8 Å². The molecule has 0 spiro atoms. The summed E-state index contributed by atoms with van der Waals surface area (Å²) in [5.41, 5.74) is 4.28. The van der Waals surface area contributed by atoms with E-state index in [1.165, 1.54) is 6.21 Å². The highest BCUT2D eigenvalue weighted by molar-refractivity contribution is 14.1. The third-order valence-electron chi connectivity index (χ3n) is 4.71. The van der Waals surface area contributed by atoms with Crippen LogP contribution < -0.4 is 25.5 Å². The van der Waals surface area contributed by atoms with Crippen LogP contribution in [0.1, 0.15) is 38.3 Å². The maximum Gasteiger partial charge on any atom is 0.329 e. The molecule has 0 fully saturated rings. The van der Waals surface area contributed by atoms with Crippen molar-refractivity contribution in [3.8, 4) is 11.5 Å². The Labute approximate surface area is 223 Å². The van der Waals surface area contributed by atoms with Gasteiger partial charge in [0.25, 0.3) is 5.91 Å². The van der Waals surface area contributed by atoms with E-state index in [9.17, 15) is 14.4 Å². The predicted octanol–water partition coefficient (Wildman–Crippen LogP) is 4.03. The molecule has 2 aromatic carbocycles. The number of carbonyl (C=O) groups is 3. The van der Waals surface area contributed by atoms with E-state index in [1.54, 1.807) is 31.2 Å². The summed E-state index contributed by atoms with van der Waals surface area (Å²) >= 11 is 8.16. The molecular formula is C24H28ClIN4O5. The summed E-state index contributed by atoms with van der Waals surface area (Å²) in [5.74, 6) is -1.16. The smallest absolute Gasteiger partial charge is 0.329 e. The van der Waals surface area contributed by atoms with Gasteiger partial charge in [-0.1, -0.05) is 24.6 Å². The number of nitrogens with zero attached hydrogens (tertiary/aromatic N) is 1. The molecular weight excluding hydrogens is 587 g/mol. The zero-order valence-corrected chi connectivity index (χ0v) is 22.8. The number of ether oxygens (including phenoxy) is 2. The molecule has 0 aliphatic rings. The van der Waals surface area contributed by atoms with Crippen LogP contribution in [0.15, 0.2) is 35.4 Å². The minimum Gasteiger partial charge on any atom is -0.490 e. The number of hydrazone groups is 1. The normalized spacial score (nSPS) is 11.6. The molecule has 0 saturated heterocycles. The molecule has 2 rings (SSSR count). The van der Waals surface area contributed by atoms with Crippen LogP contribution in [-0.2, 0) is 14.4 Å². The first-order valence-electron chi connectivity index (χ1n) is 10.9. The van der Waals surface area contributed by atoms with E-state index in [0.717, 1.165) is 5.56 Å². The Morgan fingerprint density at radius 1 is 1.14 bits per heavy atom. The largest absolute Gasteiger partial charge is 0.490 e. The molecule has 9 nitrogen and oxygen atoms in total. The van der Waals surface area contributed by atoms with E-state index >= 15 is 0 Å². The minimum atomic E-state index is -0.859. The fraction of sp³-hybridized carbons (Fsp3) is 0.333. The molecule has 0 radical (unpaired) electrons. The molecule has 3 amide bonds. The summed E-state index contributed by atoms with van der Waals surface area (Å²) in [7, 11) is 0. The van der Waals surface area contributed by atoms with Crippen LogP contribution in [0.2, 0.25) is 5.02 Å². The van der Waals surface area contributed by atoms with Crippen molar-refractivity contribution in [2.45, 2.75) is 40.2 Å². The fourth-order valence-corrected chi connectivity index (χ4v) is 3.64. The number of rotatable bonds is 10. The number of hydrogen-bond donors (Lipinski definition) is 3. The first-order valence-corrected chi connectivity index (χ1v) is 12.4. The Balaban J connectivity index is 2.04. The fourth-order valence-electron chi connectivity index (χ4n) is 2.68. The zero-order valence-electron chi connectivity index (χ0n) is 19.9. The van der Waals surface area contributed by atoms with Gasteiger partial charge in [-0.15, -0.1) is 0 Å². The number of carbonyl (C=O) groups excluding carboxylic acids is 3. The molecule has 0 saturated carbocycles. The summed E-state index contributed by atoms with van der Waals surface area (Å²) in [6.07, 6.45) is 2.09. The highest BCUT2D eigenvalue weighted by atomic mass is 127. The number of anilines is 1. The van der Waals surface area contributed by atoms with E-state index in [4.69, 9.17) is 21.1 Å². The lowest BCUT2D eigenvalue weighted by molar-refractivity contribution is -0.139. The molecule has 0 unspecified atom stereocenters. The second-order valence-electron chi connectivity index (χ2n) is 7.55. The van der Waals surface area contributed by atoms with Gasteiger partial charge in [0.15, 0.2) is 18.1 Å². The highest BCUT2D eigenvalue weighted by Gasteiger charge is 2.16. The van der Waals surface area contributed by atoms with Crippen molar-refractivity contribution in [3.63, 3.8) is 0 Å². The third kappa shape index (κ3) is 9.02. The molecule has 3 N–H and O–H groups in total. The second kappa shape index (κ2) is 13.9. The van der Waals surface area contributed by atoms with E-state index in [-0.39, 0.29) is 18.6 Å². The highest BCUT2D eigenvalue weighted by Crippen LogP contribution is 2.34. The van der Waals surface area contributed by atoms with Gasteiger partial charge < -0.3 is 20.1 Å². The van der Waals surface area contributed by atoms with Crippen LogP contribution in [0.25, 0.3) is 0 Å². The molecule has 0 aliphatic carbocycles.